The third-order valence-corrected chi connectivity index (χ3v) is 5.81. The standard InChI is InChI=1S/C20H19N3O2S/c1-13-12-18(17-9-10-21-25-17)26-19(13)14-5-7-15(8-6-14)22-20(24)16-4-3-11-23(16)2/h3,5-12,16H,4H2,1-2H3,(H,22,24). The molecule has 0 bridgehead atoms. The number of thiophene rings is 1. The van der Waals surface area contributed by atoms with Crippen LogP contribution in [0.2, 0.25) is 0 Å². The maximum absolute atomic E-state index is 12.4. The van der Waals surface area contributed by atoms with E-state index in [9.17, 15) is 4.79 Å². The Balaban J connectivity index is 1.50. The molecule has 3 heterocycles. The SMILES string of the molecule is Cc1cc(-c2ccno2)sc1-c1ccc(NC(=O)C2CC=CN2C)cc1. The van der Waals surface area contributed by atoms with Crippen LogP contribution in [0.3, 0.4) is 0 Å². The van der Waals surface area contributed by atoms with Gasteiger partial charge in [-0.2, -0.15) is 0 Å². The second-order valence-electron chi connectivity index (χ2n) is 6.37. The predicted molar refractivity (Wildman–Crippen MR) is 104 cm³/mol. The second-order valence-corrected chi connectivity index (χ2v) is 7.42. The molecule has 3 aromatic rings. The number of anilines is 1. The largest absolute Gasteiger partial charge is 0.369 e. The number of benzene rings is 1. The van der Waals surface area contributed by atoms with E-state index in [0.29, 0.717) is 0 Å². The molecule has 6 heteroatoms. The molecule has 0 aliphatic carbocycles. The summed E-state index contributed by atoms with van der Waals surface area (Å²) in [7, 11) is 1.92. The lowest BCUT2D eigenvalue weighted by atomic mass is 10.1. The van der Waals surface area contributed by atoms with Gasteiger partial charge in [-0.3, -0.25) is 4.79 Å². The van der Waals surface area contributed by atoms with Crippen LogP contribution in [0.1, 0.15) is 12.0 Å². The van der Waals surface area contributed by atoms with Gasteiger partial charge in [-0.15, -0.1) is 11.3 Å². The van der Waals surface area contributed by atoms with Crippen LogP contribution in [0.25, 0.3) is 21.1 Å². The number of rotatable bonds is 4. The minimum Gasteiger partial charge on any atom is -0.369 e. The number of nitrogens with zero attached hydrogens (tertiary/aromatic N) is 2. The number of carbonyl (C=O) groups is 1. The van der Waals surface area contributed by atoms with Crippen LogP contribution in [-0.4, -0.2) is 29.1 Å². The Hall–Kier alpha value is -2.86. The van der Waals surface area contributed by atoms with Gasteiger partial charge in [0.15, 0.2) is 5.76 Å². The average molecular weight is 365 g/mol. The third kappa shape index (κ3) is 3.15. The first kappa shape index (κ1) is 16.6. The Morgan fingerprint density at radius 2 is 2.12 bits per heavy atom. The summed E-state index contributed by atoms with van der Waals surface area (Å²) in [4.78, 5) is 16.5. The number of hydrogen-bond acceptors (Lipinski definition) is 5. The Kier molecular flexibility index (Phi) is 4.34. The number of nitrogens with one attached hydrogen (secondary N) is 1. The van der Waals surface area contributed by atoms with E-state index in [1.165, 1.54) is 10.4 Å². The van der Waals surface area contributed by atoms with Crippen LogP contribution >= 0.6 is 11.3 Å². The van der Waals surface area contributed by atoms with E-state index < -0.39 is 0 Å². The van der Waals surface area contributed by atoms with Crippen molar-refractivity contribution in [2.45, 2.75) is 19.4 Å². The highest BCUT2D eigenvalue weighted by Gasteiger charge is 2.23. The van der Waals surface area contributed by atoms with Crippen molar-refractivity contribution >= 4 is 22.9 Å². The second kappa shape index (κ2) is 6.80. The van der Waals surface area contributed by atoms with Crippen LogP contribution in [0.15, 0.2) is 59.4 Å². The van der Waals surface area contributed by atoms with Gasteiger partial charge in [0.1, 0.15) is 6.04 Å². The minimum absolute atomic E-state index is 0.0187. The molecule has 0 saturated heterocycles. The fraction of sp³-hybridized carbons (Fsp3) is 0.200. The molecule has 1 atom stereocenters. The van der Waals surface area contributed by atoms with Gasteiger partial charge in [0.2, 0.25) is 5.91 Å². The van der Waals surface area contributed by atoms with Crippen LogP contribution in [0.4, 0.5) is 5.69 Å². The summed E-state index contributed by atoms with van der Waals surface area (Å²) in [5, 5.41) is 6.77. The van der Waals surface area contributed by atoms with Gasteiger partial charge in [0, 0.05) is 23.7 Å². The molecule has 0 spiro atoms. The lowest BCUT2D eigenvalue weighted by molar-refractivity contribution is -0.119. The van der Waals surface area contributed by atoms with E-state index in [4.69, 9.17) is 4.52 Å². The number of hydrogen-bond donors (Lipinski definition) is 1. The van der Waals surface area contributed by atoms with Gasteiger partial charge in [0.05, 0.1) is 11.1 Å². The summed E-state index contributed by atoms with van der Waals surface area (Å²) < 4.78 is 5.25. The smallest absolute Gasteiger partial charge is 0.247 e. The molecular formula is C20H19N3O2S. The van der Waals surface area contributed by atoms with E-state index in [2.05, 4.69) is 23.5 Å². The Bertz CT molecular complexity index is 942. The van der Waals surface area contributed by atoms with Crippen molar-refractivity contribution in [2.24, 2.45) is 0 Å². The van der Waals surface area contributed by atoms with E-state index in [1.807, 2.05) is 54.6 Å². The lowest BCUT2D eigenvalue weighted by Gasteiger charge is -2.20. The molecular weight excluding hydrogens is 346 g/mol. The fourth-order valence-corrected chi connectivity index (χ4v) is 4.22. The molecule has 26 heavy (non-hydrogen) atoms. The van der Waals surface area contributed by atoms with Gasteiger partial charge in [-0.25, -0.2) is 0 Å². The van der Waals surface area contributed by atoms with Crippen molar-refractivity contribution in [3.63, 3.8) is 0 Å². The van der Waals surface area contributed by atoms with Crippen LogP contribution in [0, 0.1) is 6.92 Å². The first-order valence-corrected chi connectivity index (χ1v) is 9.25. The fourth-order valence-electron chi connectivity index (χ4n) is 3.08. The van der Waals surface area contributed by atoms with Crippen molar-refractivity contribution in [3.8, 4) is 21.1 Å². The summed E-state index contributed by atoms with van der Waals surface area (Å²) in [6, 6.07) is 11.8. The maximum atomic E-state index is 12.4. The molecule has 1 amide bonds. The zero-order valence-corrected chi connectivity index (χ0v) is 15.4. The Morgan fingerprint density at radius 3 is 2.77 bits per heavy atom. The number of amides is 1. The molecule has 1 aliphatic heterocycles. The highest BCUT2D eigenvalue weighted by molar-refractivity contribution is 7.19. The molecule has 1 N–H and O–H groups in total. The zero-order chi connectivity index (χ0) is 18.1. The summed E-state index contributed by atoms with van der Waals surface area (Å²) in [5.41, 5.74) is 3.12. The third-order valence-electron chi connectivity index (χ3n) is 4.51. The molecule has 4 rings (SSSR count). The quantitative estimate of drug-likeness (QED) is 0.738. The van der Waals surface area contributed by atoms with E-state index in [-0.39, 0.29) is 11.9 Å². The Labute approximate surface area is 155 Å². The molecule has 5 nitrogen and oxygen atoms in total. The molecule has 1 aliphatic rings. The van der Waals surface area contributed by atoms with Crippen molar-refractivity contribution < 1.29 is 9.32 Å². The first-order valence-electron chi connectivity index (χ1n) is 8.43. The molecule has 1 aromatic carbocycles. The van der Waals surface area contributed by atoms with Gasteiger partial charge < -0.3 is 14.7 Å². The van der Waals surface area contributed by atoms with E-state index in [0.717, 1.165) is 28.3 Å². The molecule has 1 unspecified atom stereocenters. The summed E-state index contributed by atoms with van der Waals surface area (Å²) in [6.07, 6.45) is 6.36. The molecule has 132 valence electrons. The van der Waals surface area contributed by atoms with Crippen LogP contribution in [-0.2, 0) is 4.79 Å². The van der Waals surface area contributed by atoms with E-state index in [1.54, 1.807) is 17.5 Å². The van der Waals surface area contributed by atoms with Crippen molar-refractivity contribution in [1.82, 2.24) is 10.1 Å². The monoisotopic (exact) mass is 365 g/mol. The lowest BCUT2D eigenvalue weighted by Crippen LogP contribution is -2.36. The normalized spacial score (nSPS) is 16.2. The summed E-state index contributed by atoms with van der Waals surface area (Å²) >= 11 is 1.67. The van der Waals surface area contributed by atoms with Crippen molar-refractivity contribution in [3.05, 3.63) is 60.4 Å². The molecule has 0 saturated carbocycles. The highest BCUT2D eigenvalue weighted by atomic mass is 32.1. The average Bonchev–Trinajstić information content (AvgIpc) is 3.36. The predicted octanol–water partition coefficient (Wildman–Crippen LogP) is 4.53. The molecule has 0 fully saturated rings. The number of aromatic nitrogens is 1. The molecule has 0 radical (unpaired) electrons. The van der Waals surface area contributed by atoms with Gasteiger partial charge >= 0.3 is 0 Å². The highest BCUT2D eigenvalue weighted by Crippen LogP contribution is 2.38. The summed E-state index contributed by atoms with van der Waals surface area (Å²) in [6.45, 7) is 2.09. The minimum atomic E-state index is -0.126. The zero-order valence-electron chi connectivity index (χ0n) is 14.6. The first-order chi connectivity index (χ1) is 12.6. The van der Waals surface area contributed by atoms with E-state index >= 15 is 0 Å². The molecule has 2 aromatic heterocycles. The number of likely N-dealkylation sites (N-methyl/N-ethyl adjacent to an activating group) is 1. The van der Waals surface area contributed by atoms with Gasteiger partial charge in [-0.1, -0.05) is 23.4 Å². The number of carbonyl (C=O) groups excluding carboxylic acids is 1. The van der Waals surface area contributed by atoms with Crippen molar-refractivity contribution in [1.29, 1.82) is 0 Å². The topological polar surface area (TPSA) is 58.4 Å². The maximum Gasteiger partial charge on any atom is 0.247 e. The Morgan fingerprint density at radius 1 is 1.31 bits per heavy atom. The van der Waals surface area contributed by atoms with Crippen LogP contribution < -0.4 is 5.32 Å². The summed E-state index contributed by atoms with van der Waals surface area (Å²) in [5.74, 6) is 0.799. The van der Waals surface area contributed by atoms with Crippen LogP contribution in [0.5, 0.6) is 0 Å². The van der Waals surface area contributed by atoms with Gasteiger partial charge in [-0.05, 0) is 48.9 Å². The van der Waals surface area contributed by atoms with Gasteiger partial charge in [0.25, 0.3) is 0 Å². The van der Waals surface area contributed by atoms with Crippen molar-refractivity contribution in [2.75, 3.05) is 12.4 Å². The number of aryl methyl sites for hydroxylation is 1.